The number of phenols is 1. The Hall–Kier alpha value is -1.66. The summed E-state index contributed by atoms with van der Waals surface area (Å²) in [7, 11) is 2.22. The van der Waals surface area contributed by atoms with Crippen molar-refractivity contribution in [3.63, 3.8) is 0 Å². The number of aryl methyl sites for hydroxylation is 1. The molecule has 3 heteroatoms. The van der Waals surface area contributed by atoms with Gasteiger partial charge in [-0.1, -0.05) is 74.4 Å². The van der Waals surface area contributed by atoms with Crippen molar-refractivity contribution in [3.05, 3.63) is 52.6 Å². The molecule has 27 heavy (non-hydrogen) atoms. The summed E-state index contributed by atoms with van der Waals surface area (Å²) >= 11 is 0. The van der Waals surface area contributed by atoms with Gasteiger partial charge in [-0.15, -0.1) is 0 Å². The van der Waals surface area contributed by atoms with Gasteiger partial charge in [0.2, 0.25) is 0 Å². The molecule has 0 aliphatic rings. The van der Waals surface area contributed by atoms with Crippen LogP contribution in [0.15, 0.2) is 35.3 Å². The molecule has 0 saturated heterocycles. The Morgan fingerprint density at radius 2 is 1.63 bits per heavy atom. The molecule has 2 aromatic carbocycles. The standard InChI is InChI=1S/C24H34NOP/c1-15-11-10-12-18(16(2)25-9)22(15)27-20-14-17(23(3,4)5)13-19(21(20)26)24(6,7)8/h10-14,26-27H,1-9H3/b25-16+. The van der Waals surface area contributed by atoms with Gasteiger partial charge < -0.3 is 5.11 Å². The topological polar surface area (TPSA) is 32.6 Å². The third-order valence-corrected chi connectivity index (χ3v) is 6.61. The van der Waals surface area contributed by atoms with E-state index in [-0.39, 0.29) is 10.8 Å². The fraction of sp³-hybridized carbons (Fsp3) is 0.458. The Morgan fingerprint density at radius 1 is 1.00 bits per heavy atom. The fourth-order valence-electron chi connectivity index (χ4n) is 3.12. The quantitative estimate of drug-likeness (QED) is 0.561. The number of benzene rings is 2. The van der Waals surface area contributed by atoms with E-state index in [1.165, 1.54) is 22.0 Å². The van der Waals surface area contributed by atoms with Crippen molar-refractivity contribution in [1.82, 2.24) is 0 Å². The summed E-state index contributed by atoms with van der Waals surface area (Å²) in [5, 5.41) is 13.4. The van der Waals surface area contributed by atoms with Gasteiger partial charge in [0.1, 0.15) is 5.75 Å². The molecule has 2 nitrogen and oxygen atoms in total. The lowest BCUT2D eigenvalue weighted by molar-refractivity contribution is 0.449. The molecule has 0 heterocycles. The number of nitrogens with zero attached hydrogens (tertiary/aromatic N) is 1. The van der Waals surface area contributed by atoms with E-state index in [4.69, 9.17) is 0 Å². The van der Waals surface area contributed by atoms with E-state index in [0.29, 0.717) is 14.3 Å². The van der Waals surface area contributed by atoms with Gasteiger partial charge in [0.15, 0.2) is 0 Å². The van der Waals surface area contributed by atoms with Gasteiger partial charge in [-0.2, -0.15) is 0 Å². The first-order chi connectivity index (χ1) is 12.4. The SMILES string of the molecule is C/N=C(\C)c1cccc(C)c1Pc1cc(C(C)(C)C)cc(C(C)(C)C)c1O. The Bertz CT molecular complexity index is 867. The first-order valence-electron chi connectivity index (χ1n) is 9.54. The largest absolute Gasteiger partial charge is 0.507 e. The minimum absolute atomic E-state index is 0.0300. The van der Waals surface area contributed by atoms with E-state index < -0.39 is 0 Å². The van der Waals surface area contributed by atoms with Crippen LogP contribution in [0.3, 0.4) is 0 Å². The van der Waals surface area contributed by atoms with E-state index >= 15 is 0 Å². The predicted molar refractivity (Wildman–Crippen MR) is 122 cm³/mol. The number of hydrogen-bond acceptors (Lipinski definition) is 2. The van der Waals surface area contributed by atoms with Crippen LogP contribution in [-0.4, -0.2) is 17.9 Å². The van der Waals surface area contributed by atoms with E-state index in [1.807, 2.05) is 7.05 Å². The molecule has 0 amide bonds. The summed E-state index contributed by atoms with van der Waals surface area (Å²) in [6.07, 6.45) is 0. The molecule has 0 spiro atoms. The van der Waals surface area contributed by atoms with Crippen LogP contribution in [0.4, 0.5) is 0 Å². The average Bonchev–Trinajstić information content (AvgIpc) is 2.55. The van der Waals surface area contributed by atoms with Crippen molar-refractivity contribution < 1.29 is 5.11 Å². The summed E-state index contributed by atoms with van der Waals surface area (Å²) in [6.45, 7) is 17.4. The lowest BCUT2D eigenvalue weighted by Crippen LogP contribution is -2.22. The summed E-state index contributed by atoms with van der Waals surface area (Å²) in [5.74, 6) is 0.439. The molecular formula is C24H34NOP. The maximum atomic E-state index is 11.1. The first kappa shape index (κ1) is 21.6. The molecule has 1 unspecified atom stereocenters. The van der Waals surface area contributed by atoms with Gasteiger partial charge in [-0.05, 0) is 47.2 Å². The molecule has 0 aromatic heterocycles. The second-order valence-corrected chi connectivity index (χ2v) is 10.6. The van der Waals surface area contributed by atoms with Crippen molar-refractivity contribution >= 4 is 24.9 Å². The zero-order valence-corrected chi connectivity index (χ0v) is 19.3. The Kier molecular flexibility index (Phi) is 6.22. The molecule has 0 fully saturated rings. The van der Waals surface area contributed by atoms with Crippen LogP contribution in [0.2, 0.25) is 0 Å². The second-order valence-electron chi connectivity index (χ2n) is 9.35. The van der Waals surface area contributed by atoms with Crippen LogP contribution in [0.1, 0.15) is 70.7 Å². The maximum Gasteiger partial charge on any atom is 0.127 e. The lowest BCUT2D eigenvalue weighted by atomic mass is 9.80. The van der Waals surface area contributed by atoms with Crippen molar-refractivity contribution in [3.8, 4) is 5.75 Å². The van der Waals surface area contributed by atoms with E-state index in [9.17, 15) is 5.11 Å². The highest BCUT2D eigenvalue weighted by molar-refractivity contribution is 7.56. The molecule has 0 radical (unpaired) electrons. The van der Waals surface area contributed by atoms with Crippen LogP contribution in [-0.2, 0) is 10.8 Å². The third kappa shape index (κ3) is 4.79. The number of aromatic hydroxyl groups is 1. The first-order valence-corrected chi connectivity index (χ1v) is 10.5. The maximum absolute atomic E-state index is 11.1. The van der Waals surface area contributed by atoms with E-state index in [1.54, 1.807) is 0 Å². The van der Waals surface area contributed by atoms with Crippen LogP contribution >= 0.6 is 8.58 Å². The monoisotopic (exact) mass is 383 g/mol. The number of phenolic OH excluding ortho intramolecular Hbond substituents is 1. The van der Waals surface area contributed by atoms with Crippen molar-refractivity contribution in [2.45, 2.75) is 66.2 Å². The Balaban J connectivity index is 2.71. The smallest absolute Gasteiger partial charge is 0.127 e. The molecule has 2 aromatic rings. The van der Waals surface area contributed by atoms with Crippen molar-refractivity contribution in [1.29, 1.82) is 0 Å². The number of rotatable bonds is 3. The highest BCUT2D eigenvalue weighted by atomic mass is 31.1. The molecule has 0 aliphatic carbocycles. The Morgan fingerprint density at radius 3 is 2.15 bits per heavy atom. The van der Waals surface area contributed by atoms with Crippen LogP contribution in [0, 0.1) is 6.92 Å². The van der Waals surface area contributed by atoms with Crippen LogP contribution in [0.5, 0.6) is 5.75 Å². The summed E-state index contributed by atoms with van der Waals surface area (Å²) < 4.78 is 0. The Labute approximate surface area is 166 Å². The molecule has 0 saturated carbocycles. The molecule has 0 bridgehead atoms. The zero-order chi connectivity index (χ0) is 20.6. The van der Waals surface area contributed by atoms with Gasteiger partial charge in [-0.3, -0.25) is 4.99 Å². The van der Waals surface area contributed by atoms with Crippen LogP contribution < -0.4 is 10.6 Å². The highest BCUT2D eigenvalue weighted by Crippen LogP contribution is 2.36. The van der Waals surface area contributed by atoms with Gasteiger partial charge >= 0.3 is 0 Å². The number of hydrogen-bond donors (Lipinski definition) is 1. The fourth-order valence-corrected chi connectivity index (χ4v) is 4.55. The number of aliphatic imine (C=N–C) groups is 1. The second kappa shape index (κ2) is 7.76. The summed E-state index contributed by atoms with van der Waals surface area (Å²) in [5.41, 5.74) is 5.66. The van der Waals surface area contributed by atoms with Gasteiger partial charge in [0.25, 0.3) is 0 Å². The highest BCUT2D eigenvalue weighted by Gasteiger charge is 2.25. The van der Waals surface area contributed by atoms with Gasteiger partial charge in [0.05, 0.1) is 0 Å². The lowest BCUT2D eigenvalue weighted by Gasteiger charge is -2.28. The third-order valence-electron chi connectivity index (χ3n) is 5.04. The van der Waals surface area contributed by atoms with Crippen LogP contribution in [0.25, 0.3) is 0 Å². The molecule has 146 valence electrons. The normalized spacial score (nSPS) is 13.6. The van der Waals surface area contributed by atoms with E-state index in [0.717, 1.165) is 16.6 Å². The zero-order valence-electron chi connectivity index (χ0n) is 18.3. The predicted octanol–water partition coefficient (Wildman–Crippen LogP) is 5.36. The van der Waals surface area contributed by atoms with Gasteiger partial charge in [0, 0.05) is 29.2 Å². The molecular weight excluding hydrogens is 349 g/mol. The molecule has 0 aliphatic heterocycles. The average molecular weight is 384 g/mol. The molecule has 1 N–H and O–H groups in total. The van der Waals surface area contributed by atoms with E-state index in [2.05, 4.69) is 90.7 Å². The summed E-state index contributed by atoms with van der Waals surface area (Å²) in [6, 6.07) is 10.7. The molecule has 2 rings (SSSR count). The summed E-state index contributed by atoms with van der Waals surface area (Å²) in [4.78, 5) is 4.40. The van der Waals surface area contributed by atoms with Crippen molar-refractivity contribution in [2.24, 2.45) is 4.99 Å². The minimum atomic E-state index is -0.111. The van der Waals surface area contributed by atoms with Crippen molar-refractivity contribution in [2.75, 3.05) is 7.05 Å². The van der Waals surface area contributed by atoms with Gasteiger partial charge in [-0.25, -0.2) is 0 Å². The minimum Gasteiger partial charge on any atom is -0.507 e. The molecule has 1 atom stereocenters.